The molecule has 3 aliphatic heterocycles. The van der Waals surface area contributed by atoms with Gasteiger partial charge in [-0.05, 0) is 48.9 Å². The Labute approximate surface area is 175 Å². The quantitative estimate of drug-likeness (QED) is 0.771. The molecule has 0 N–H and O–H groups in total. The van der Waals surface area contributed by atoms with E-state index in [9.17, 15) is 14.0 Å². The van der Waals surface area contributed by atoms with Crippen molar-refractivity contribution < 1.29 is 18.7 Å². The third-order valence-electron chi connectivity index (χ3n) is 6.85. The van der Waals surface area contributed by atoms with E-state index in [2.05, 4.69) is 0 Å². The van der Waals surface area contributed by atoms with Crippen molar-refractivity contribution in [1.29, 1.82) is 0 Å². The van der Waals surface area contributed by atoms with Crippen LogP contribution >= 0.6 is 0 Å². The van der Waals surface area contributed by atoms with Gasteiger partial charge < -0.3 is 14.5 Å². The predicted octanol–water partition coefficient (Wildman–Crippen LogP) is 3.91. The van der Waals surface area contributed by atoms with Gasteiger partial charge in [0, 0.05) is 19.1 Å². The molecular formula is C24H25FN2O3. The van der Waals surface area contributed by atoms with Crippen LogP contribution < -0.4 is 0 Å². The number of carbonyl (C=O) groups excluding carboxylic acids is 2. The largest absolute Gasteiger partial charge is 0.441 e. The van der Waals surface area contributed by atoms with Crippen molar-refractivity contribution in [1.82, 2.24) is 9.80 Å². The minimum absolute atomic E-state index is 0.0259. The third kappa shape index (κ3) is 3.34. The van der Waals surface area contributed by atoms with Crippen molar-refractivity contribution in [2.24, 2.45) is 0 Å². The normalized spacial score (nSPS) is 27.6. The molecule has 6 heteroatoms. The lowest BCUT2D eigenvalue weighted by molar-refractivity contribution is -0.188. The summed E-state index contributed by atoms with van der Waals surface area (Å²) in [7, 11) is 0. The Balaban J connectivity index is 1.38. The maximum Gasteiger partial charge on any atom is 0.410 e. The number of hydrogen-bond acceptors (Lipinski definition) is 3. The van der Waals surface area contributed by atoms with Crippen molar-refractivity contribution in [3.63, 3.8) is 0 Å². The van der Waals surface area contributed by atoms with Crippen molar-refractivity contribution in [3.8, 4) is 0 Å². The van der Waals surface area contributed by atoms with Crippen LogP contribution in [0.5, 0.6) is 0 Å². The van der Waals surface area contributed by atoms with E-state index in [-0.39, 0.29) is 36.3 Å². The molecule has 30 heavy (non-hydrogen) atoms. The first-order valence-corrected chi connectivity index (χ1v) is 10.6. The smallest absolute Gasteiger partial charge is 0.410 e. The molecule has 156 valence electrons. The molecule has 5 nitrogen and oxygen atoms in total. The Kier molecular flexibility index (Phi) is 4.72. The molecule has 0 aromatic heterocycles. The summed E-state index contributed by atoms with van der Waals surface area (Å²) in [5, 5.41) is 0. The lowest BCUT2D eigenvalue weighted by Gasteiger charge is -2.60. The van der Waals surface area contributed by atoms with Gasteiger partial charge in [0.05, 0.1) is 12.5 Å². The van der Waals surface area contributed by atoms with Crippen molar-refractivity contribution in [2.45, 2.75) is 56.3 Å². The van der Waals surface area contributed by atoms with Gasteiger partial charge in [0.25, 0.3) is 0 Å². The first kappa shape index (κ1) is 19.1. The van der Waals surface area contributed by atoms with Gasteiger partial charge >= 0.3 is 6.09 Å². The van der Waals surface area contributed by atoms with Crippen LogP contribution in [0.3, 0.4) is 0 Å². The summed E-state index contributed by atoms with van der Waals surface area (Å²) in [5.74, 6) is -0.282. The SMILES string of the molecule is O=C1OC23CCC(CC2)N(C(=O)Cc2ccc(F)cc2)C3CN1Cc1ccccc1. The summed E-state index contributed by atoms with van der Waals surface area (Å²) in [4.78, 5) is 29.8. The Morgan fingerprint density at radius 2 is 1.73 bits per heavy atom. The molecule has 1 unspecified atom stereocenters. The standard InChI is InChI=1S/C24H25FN2O3/c25-19-8-6-17(7-9-19)14-22(28)27-20-10-12-24(13-11-20)21(27)16-26(23(29)30-24)15-18-4-2-1-3-5-18/h1-9,20-21H,10-16H2. The number of ether oxygens (including phenoxy) is 1. The molecule has 2 amide bonds. The number of nitrogens with zero attached hydrogens (tertiary/aromatic N) is 2. The number of carbonyl (C=O) groups is 2. The summed E-state index contributed by atoms with van der Waals surface area (Å²) in [5.41, 5.74) is 1.26. The number of amides is 2. The van der Waals surface area contributed by atoms with E-state index in [0.29, 0.717) is 13.1 Å². The van der Waals surface area contributed by atoms with E-state index in [1.807, 2.05) is 35.2 Å². The van der Waals surface area contributed by atoms with Crippen molar-refractivity contribution >= 4 is 12.0 Å². The van der Waals surface area contributed by atoms with Crippen molar-refractivity contribution in [2.75, 3.05) is 6.54 Å². The molecule has 2 aromatic carbocycles. The predicted molar refractivity (Wildman–Crippen MR) is 109 cm³/mol. The fourth-order valence-corrected chi connectivity index (χ4v) is 5.34. The van der Waals surface area contributed by atoms with Crippen LogP contribution in [0, 0.1) is 5.82 Å². The van der Waals surface area contributed by atoms with Crippen LogP contribution in [-0.2, 0) is 22.5 Å². The third-order valence-corrected chi connectivity index (χ3v) is 6.85. The molecule has 2 bridgehead atoms. The molecular weight excluding hydrogens is 383 g/mol. The van der Waals surface area contributed by atoms with Gasteiger partial charge in [0.1, 0.15) is 11.4 Å². The van der Waals surface area contributed by atoms with Gasteiger partial charge in [0.2, 0.25) is 5.91 Å². The van der Waals surface area contributed by atoms with Gasteiger partial charge in [-0.2, -0.15) is 0 Å². The second-order valence-electron chi connectivity index (χ2n) is 8.65. The fourth-order valence-electron chi connectivity index (χ4n) is 5.34. The van der Waals surface area contributed by atoms with E-state index in [1.54, 1.807) is 17.0 Å². The Morgan fingerprint density at radius 3 is 2.43 bits per heavy atom. The number of fused-ring (bicyclic) bond motifs is 2. The zero-order chi connectivity index (χ0) is 20.7. The first-order valence-electron chi connectivity index (χ1n) is 10.6. The highest BCUT2D eigenvalue weighted by Gasteiger charge is 2.59. The second kappa shape index (κ2) is 7.42. The molecule has 0 radical (unpaired) electrons. The van der Waals surface area contributed by atoms with E-state index >= 15 is 0 Å². The van der Waals surface area contributed by atoms with Gasteiger partial charge in [0.15, 0.2) is 0 Å². The molecule has 1 saturated carbocycles. The lowest BCUT2D eigenvalue weighted by atomic mass is 9.69. The summed E-state index contributed by atoms with van der Waals surface area (Å²) < 4.78 is 19.3. The summed E-state index contributed by atoms with van der Waals surface area (Å²) in [6, 6.07) is 16.0. The molecule has 3 heterocycles. The highest BCUT2D eigenvalue weighted by Crippen LogP contribution is 2.47. The van der Waals surface area contributed by atoms with E-state index in [1.165, 1.54) is 12.1 Å². The lowest BCUT2D eigenvalue weighted by Crippen LogP contribution is -2.73. The van der Waals surface area contributed by atoms with E-state index in [0.717, 1.165) is 36.8 Å². The van der Waals surface area contributed by atoms with E-state index < -0.39 is 5.60 Å². The average molecular weight is 408 g/mol. The molecule has 6 rings (SSSR count). The number of benzene rings is 2. The van der Waals surface area contributed by atoms with Crippen LogP contribution in [0.4, 0.5) is 9.18 Å². The molecule has 3 saturated heterocycles. The molecule has 1 spiro atoms. The van der Waals surface area contributed by atoms with Gasteiger partial charge in [-0.3, -0.25) is 4.79 Å². The van der Waals surface area contributed by atoms with Gasteiger partial charge in [-0.1, -0.05) is 42.5 Å². The minimum atomic E-state index is -0.572. The van der Waals surface area contributed by atoms with Crippen LogP contribution in [0.25, 0.3) is 0 Å². The number of hydrogen-bond donors (Lipinski definition) is 0. The highest BCUT2D eigenvalue weighted by molar-refractivity contribution is 5.80. The zero-order valence-corrected chi connectivity index (χ0v) is 16.8. The first-order chi connectivity index (χ1) is 14.5. The number of halogens is 1. The monoisotopic (exact) mass is 408 g/mol. The van der Waals surface area contributed by atoms with Gasteiger partial charge in [-0.15, -0.1) is 0 Å². The van der Waals surface area contributed by atoms with Gasteiger partial charge in [-0.25, -0.2) is 9.18 Å². The summed E-state index contributed by atoms with van der Waals surface area (Å²) in [6.07, 6.45) is 3.29. The Bertz CT molecular complexity index is 939. The molecule has 4 aliphatic rings. The average Bonchev–Trinajstić information content (AvgIpc) is 2.76. The highest BCUT2D eigenvalue weighted by atomic mass is 19.1. The van der Waals surface area contributed by atoms with Crippen LogP contribution in [0.15, 0.2) is 54.6 Å². The number of rotatable bonds is 4. The topological polar surface area (TPSA) is 49.9 Å². The molecule has 1 atom stereocenters. The maximum absolute atomic E-state index is 13.3. The molecule has 2 aromatic rings. The minimum Gasteiger partial charge on any atom is -0.441 e. The zero-order valence-electron chi connectivity index (χ0n) is 16.8. The van der Waals surface area contributed by atoms with Crippen LogP contribution in [0.1, 0.15) is 36.8 Å². The Morgan fingerprint density at radius 1 is 1.03 bits per heavy atom. The molecule has 4 fully saturated rings. The summed E-state index contributed by atoms with van der Waals surface area (Å²) >= 11 is 0. The molecule has 1 aliphatic carbocycles. The fraction of sp³-hybridized carbons (Fsp3) is 0.417. The summed E-state index contributed by atoms with van der Waals surface area (Å²) in [6.45, 7) is 0.955. The Hall–Kier alpha value is -2.89. The maximum atomic E-state index is 13.3. The van der Waals surface area contributed by atoms with Crippen molar-refractivity contribution in [3.05, 3.63) is 71.5 Å². The van der Waals surface area contributed by atoms with Crippen LogP contribution in [0.2, 0.25) is 0 Å². The van der Waals surface area contributed by atoms with E-state index in [4.69, 9.17) is 4.74 Å². The number of piperidine rings is 2. The van der Waals surface area contributed by atoms with Crippen LogP contribution in [-0.4, -0.2) is 46.0 Å². The second-order valence-corrected chi connectivity index (χ2v) is 8.65.